The number of hydrogen-bond donors (Lipinski definition) is 2. The van der Waals surface area contributed by atoms with Gasteiger partial charge < -0.3 is 24.6 Å². The number of cyclic esters (lactones) is 1. The van der Waals surface area contributed by atoms with Gasteiger partial charge in [-0.05, 0) is 24.3 Å². The Labute approximate surface area is 126 Å². The van der Waals surface area contributed by atoms with Crippen LogP contribution in [0.1, 0.15) is 0 Å². The molecule has 1 aromatic rings. The van der Waals surface area contributed by atoms with Crippen LogP contribution in [0.5, 0.6) is 0 Å². The van der Waals surface area contributed by atoms with Gasteiger partial charge in [0.05, 0.1) is 13.2 Å². The van der Waals surface area contributed by atoms with Gasteiger partial charge in [-0.25, -0.2) is 4.79 Å². The molecule has 2 heterocycles. The predicted molar refractivity (Wildman–Crippen MR) is 75.5 cm³/mol. The van der Waals surface area contributed by atoms with Gasteiger partial charge in [0, 0.05) is 17.9 Å². The number of aliphatic hydroxyl groups excluding tert-OH is 1. The lowest BCUT2D eigenvalue weighted by atomic mass is 10.2. The molecule has 1 aromatic carbocycles. The molecular weight excluding hydrogens is 292 g/mol. The van der Waals surface area contributed by atoms with Crippen LogP contribution >= 0.6 is 0 Å². The second-order valence-corrected chi connectivity index (χ2v) is 5.06. The predicted octanol–water partition coefficient (Wildman–Crippen LogP) is -0.314. The first-order valence-electron chi connectivity index (χ1n) is 6.89. The maximum Gasteiger partial charge on any atom is 0.414 e. The minimum absolute atomic E-state index is 0.0618. The van der Waals surface area contributed by atoms with Crippen LogP contribution < -0.4 is 9.80 Å². The highest BCUT2D eigenvalue weighted by Crippen LogP contribution is 2.26. The molecule has 0 radical (unpaired) electrons. The molecule has 2 fully saturated rings. The van der Waals surface area contributed by atoms with Crippen molar-refractivity contribution in [2.75, 3.05) is 36.1 Å². The maximum atomic E-state index is 11.8. The van der Waals surface area contributed by atoms with Crippen molar-refractivity contribution in [1.82, 2.24) is 0 Å². The quantitative estimate of drug-likeness (QED) is 0.743. The van der Waals surface area contributed by atoms with E-state index in [4.69, 9.17) is 19.7 Å². The summed E-state index contributed by atoms with van der Waals surface area (Å²) in [5, 5.41) is 18.1. The highest BCUT2D eigenvalue weighted by Gasteiger charge is 2.36. The van der Waals surface area contributed by atoms with Gasteiger partial charge in [-0.15, -0.1) is 0 Å². The summed E-state index contributed by atoms with van der Waals surface area (Å²) >= 11 is 0. The summed E-state index contributed by atoms with van der Waals surface area (Å²) in [5.41, 5.74) is 1.29. The van der Waals surface area contributed by atoms with Crippen LogP contribution in [0.3, 0.4) is 0 Å². The van der Waals surface area contributed by atoms with E-state index in [-0.39, 0.29) is 19.1 Å². The molecule has 0 aliphatic carbocycles. The lowest BCUT2D eigenvalue weighted by molar-refractivity contribution is -0.125. The van der Waals surface area contributed by atoms with Crippen LogP contribution in [0.4, 0.5) is 16.2 Å². The fourth-order valence-electron chi connectivity index (χ4n) is 2.45. The summed E-state index contributed by atoms with van der Waals surface area (Å²) in [4.78, 5) is 26.4. The first-order chi connectivity index (χ1) is 10.6. The summed E-state index contributed by atoms with van der Waals surface area (Å²) < 4.78 is 9.94. The summed E-state index contributed by atoms with van der Waals surface area (Å²) in [7, 11) is 0. The smallest absolute Gasteiger partial charge is 0.414 e. The number of nitrogens with zero attached hydrogens (tertiary/aromatic N) is 2. The zero-order valence-electron chi connectivity index (χ0n) is 11.7. The molecule has 2 aliphatic rings. The van der Waals surface area contributed by atoms with Crippen molar-refractivity contribution in [1.29, 1.82) is 0 Å². The second kappa shape index (κ2) is 5.91. The van der Waals surface area contributed by atoms with E-state index in [0.717, 1.165) is 5.69 Å². The average molecular weight is 308 g/mol. The van der Waals surface area contributed by atoms with Crippen LogP contribution in [-0.4, -0.2) is 60.9 Å². The van der Waals surface area contributed by atoms with E-state index in [1.54, 1.807) is 29.2 Å². The summed E-state index contributed by atoms with van der Waals surface area (Å²) in [6, 6.07) is 6.83. The Morgan fingerprint density at radius 2 is 1.73 bits per heavy atom. The standard InChI is InChI=1S/C14H16N2O6/c17-12-8-21-6-5-15(12)9-1-3-10(4-2-9)16-7-11(13(18)19)22-14(16)20/h1-4,11,13,18-19H,5-8H2. The van der Waals surface area contributed by atoms with E-state index < -0.39 is 18.5 Å². The Morgan fingerprint density at radius 3 is 2.27 bits per heavy atom. The molecule has 0 spiro atoms. The summed E-state index contributed by atoms with van der Waals surface area (Å²) in [6.07, 6.45) is -3.31. The van der Waals surface area contributed by atoms with E-state index in [0.29, 0.717) is 18.8 Å². The Bertz CT molecular complexity index is 573. The summed E-state index contributed by atoms with van der Waals surface area (Å²) in [6.45, 7) is 1.10. The Hall–Kier alpha value is -2.16. The number of morpholine rings is 1. The Morgan fingerprint density at radius 1 is 1.09 bits per heavy atom. The van der Waals surface area contributed by atoms with Crippen molar-refractivity contribution >= 4 is 23.4 Å². The monoisotopic (exact) mass is 308 g/mol. The van der Waals surface area contributed by atoms with Gasteiger partial charge in [-0.1, -0.05) is 0 Å². The normalized spacial score (nSPS) is 22.4. The first kappa shape index (κ1) is 14.8. The molecule has 2 N–H and O–H groups in total. The van der Waals surface area contributed by atoms with Gasteiger partial charge in [-0.3, -0.25) is 9.69 Å². The van der Waals surface area contributed by atoms with E-state index in [1.165, 1.54) is 4.90 Å². The fourth-order valence-corrected chi connectivity index (χ4v) is 2.45. The van der Waals surface area contributed by atoms with Crippen LogP contribution in [-0.2, 0) is 14.3 Å². The van der Waals surface area contributed by atoms with Gasteiger partial charge in [0.25, 0.3) is 5.91 Å². The third kappa shape index (κ3) is 2.76. The molecule has 118 valence electrons. The van der Waals surface area contributed by atoms with E-state index in [2.05, 4.69) is 0 Å². The second-order valence-electron chi connectivity index (χ2n) is 5.06. The molecule has 2 saturated heterocycles. The van der Waals surface area contributed by atoms with Gasteiger partial charge in [-0.2, -0.15) is 0 Å². The minimum Gasteiger partial charge on any atom is -0.438 e. The van der Waals surface area contributed by atoms with Crippen molar-refractivity contribution in [2.45, 2.75) is 12.4 Å². The lowest BCUT2D eigenvalue weighted by Crippen LogP contribution is -2.41. The van der Waals surface area contributed by atoms with Crippen molar-refractivity contribution in [2.24, 2.45) is 0 Å². The number of rotatable bonds is 3. The van der Waals surface area contributed by atoms with Crippen molar-refractivity contribution in [3.63, 3.8) is 0 Å². The van der Waals surface area contributed by atoms with Crippen molar-refractivity contribution in [3.8, 4) is 0 Å². The third-order valence-corrected chi connectivity index (χ3v) is 3.63. The molecule has 1 unspecified atom stereocenters. The molecule has 0 aromatic heterocycles. The number of hydrogen-bond acceptors (Lipinski definition) is 6. The molecule has 0 saturated carbocycles. The third-order valence-electron chi connectivity index (χ3n) is 3.63. The maximum absolute atomic E-state index is 11.8. The molecule has 3 rings (SSSR count). The van der Waals surface area contributed by atoms with Crippen LogP contribution in [0.15, 0.2) is 24.3 Å². The van der Waals surface area contributed by atoms with E-state index >= 15 is 0 Å². The zero-order valence-corrected chi connectivity index (χ0v) is 11.7. The number of carbonyl (C=O) groups excluding carboxylic acids is 2. The molecule has 2 amide bonds. The average Bonchev–Trinajstić information content (AvgIpc) is 2.90. The number of benzene rings is 1. The van der Waals surface area contributed by atoms with Gasteiger partial charge in [0.2, 0.25) is 0 Å². The molecule has 2 aliphatic heterocycles. The summed E-state index contributed by atoms with van der Waals surface area (Å²) in [5.74, 6) is -0.108. The molecule has 1 atom stereocenters. The topological polar surface area (TPSA) is 99.5 Å². The van der Waals surface area contributed by atoms with Crippen LogP contribution in [0, 0.1) is 0 Å². The Kier molecular flexibility index (Phi) is 3.97. The van der Waals surface area contributed by atoms with Gasteiger partial charge in [0.15, 0.2) is 12.4 Å². The van der Waals surface area contributed by atoms with Crippen molar-refractivity contribution in [3.05, 3.63) is 24.3 Å². The number of aliphatic hydroxyl groups is 2. The number of amides is 2. The molecule has 8 heteroatoms. The van der Waals surface area contributed by atoms with Gasteiger partial charge >= 0.3 is 6.09 Å². The molecule has 8 nitrogen and oxygen atoms in total. The van der Waals surface area contributed by atoms with Gasteiger partial charge in [0.1, 0.15) is 6.61 Å². The van der Waals surface area contributed by atoms with Crippen LogP contribution in [0.25, 0.3) is 0 Å². The van der Waals surface area contributed by atoms with E-state index in [9.17, 15) is 9.59 Å². The first-order valence-corrected chi connectivity index (χ1v) is 6.89. The number of ether oxygens (including phenoxy) is 2. The highest BCUT2D eigenvalue weighted by molar-refractivity contribution is 5.95. The van der Waals surface area contributed by atoms with Crippen LogP contribution in [0.2, 0.25) is 0 Å². The minimum atomic E-state index is -1.71. The highest BCUT2D eigenvalue weighted by atomic mass is 16.6. The SMILES string of the molecule is O=C1COCCN1c1ccc(N2CC(C(O)O)OC2=O)cc1. The fraction of sp³-hybridized carbons (Fsp3) is 0.429. The van der Waals surface area contributed by atoms with Crippen molar-refractivity contribution < 1.29 is 29.3 Å². The molecular formula is C14H16N2O6. The Balaban J connectivity index is 1.74. The lowest BCUT2D eigenvalue weighted by Gasteiger charge is -2.27. The largest absolute Gasteiger partial charge is 0.438 e. The molecule has 22 heavy (non-hydrogen) atoms. The number of anilines is 2. The number of carbonyl (C=O) groups is 2. The van der Waals surface area contributed by atoms with E-state index in [1.807, 2.05) is 0 Å². The zero-order chi connectivity index (χ0) is 15.7. The molecule has 0 bridgehead atoms.